The van der Waals surface area contributed by atoms with Gasteiger partial charge in [-0.3, -0.25) is 4.79 Å². The van der Waals surface area contributed by atoms with Crippen LogP contribution in [-0.2, 0) is 4.79 Å². The number of thiol groups is 1. The number of hydrogen-bond acceptors (Lipinski definition) is 3. The number of hydrogen-bond donors (Lipinski definition) is 2. The van der Waals surface area contributed by atoms with Crippen LogP contribution >= 0.6 is 22.5 Å². The van der Waals surface area contributed by atoms with Gasteiger partial charge in [0.05, 0.1) is 0 Å². The highest BCUT2D eigenvalue weighted by Gasteiger charge is 2.02. The van der Waals surface area contributed by atoms with Gasteiger partial charge < -0.3 is 5.32 Å². The average Bonchev–Trinajstić information content (AvgIpc) is 1.99. The Balaban J connectivity index is 3.26. The molecule has 0 spiro atoms. The van der Waals surface area contributed by atoms with Gasteiger partial charge in [0.15, 0.2) is 0 Å². The lowest BCUT2D eigenvalue weighted by molar-refractivity contribution is -0.120. The quantitative estimate of drug-likeness (QED) is 0.505. The number of carbonyl (C=O) groups is 1. The normalized spacial score (nSPS) is 12.7. The molecule has 0 aromatic carbocycles. The summed E-state index contributed by atoms with van der Waals surface area (Å²) in [5, 5.41) is 3.03. The second-order valence-electron chi connectivity index (χ2n) is 2.13. The van der Waals surface area contributed by atoms with Crippen LogP contribution in [-0.4, -0.2) is 18.2 Å². The van der Waals surface area contributed by atoms with Crippen molar-refractivity contribution in [2.45, 2.75) is 25.0 Å². The van der Waals surface area contributed by atoms with Crippen LogP contribution in [0.15, 0.2) is 0 Å². The standard InChI is InChI=1S/C6H13NOS2/c1-5(10-9)3-4-6(8)7-2/h5,9H,3-4H2,1-2H3,(H,7,8). The molecule has 1 amide bonds. The first-order valence-electron chi connectivity index (χ1n) is 3.21. The van der Waals surface area contributed by atoms with Gasteiger partial charge in [-0.25, -0.2) is 0 Å². The predicted octanol–water partition coefficient (Wildman–Crippen LogP) is 1.48. The van der Waals surface area contributed by atoms with E-state index in [0.717, 1.165) is 6.42 Å². The third kappa shape index (κ3) is 4.99. The molecule has 0 saturated carbocycles. The number of rotatable bonds is 4. The Hall–Kier alpha value is 0.170. The first kappa shape index (κ1) is 10.2. The molecule has 0 aliphatic rings. The fourth-order valence-corrected chi connectivity index (χ4v) is 1.05. The molecule has 2 nitrogen and oxygen atoms in total. The maximum Gasteiger partial charge on any atom is 0.219 e. The highest BCUT2D eigenvalue weighted by molar-refractivity contribution is 8.68. The van der Waals surface area contributed by atoms with Gasteiger partial charge in [-0.15, -0.1) is 11.7 Å². The van der Waals surface area contributed by atoms with Crippen LogP contribution in [0.2, 0.25) is 0 Å². The van der Waals surface area contributed by atoms with E-state index in [-0.39, 0.29) is 5.91 Å². The monoisotopic (exact) mass is 179 g/mol. The molecular weight excluding hydrogens is 166 g/mol. The van der Waals surface area contributed by atoms with Crippen LogP contribution in [0.1, 0.15) is 19.8 Å². The topological polar surface area (TPSA) is 29.1 Å². The van der Waals surface area contributed by atoms with E-state index in [4.69, 9.17) is 0 Å². The van der Waals surface area contributed by atoms with Gasteiger partial charge in [0.1, 0.15) is 0 Å². The molecule has 0 fully saturated rings. The molecule has 0 aromatic rings. The van der Waals surface area contributed by atoms with E-state index in [1.165, 1.54) is 10.8 Å². The van der Waals surface area contributed by atoms with Crippen molar-refractivity contribution in [3.8, 4) is 0 Å². The van der Waals surface area contributed by atoms with Gasteiger partial charge in [0.25, 0.3) is 0 Å². The largest absolute Gasteiger partial charge is 0.359 e. The van der Waals surface area contributed by atoms with E-state index >= 15 is 0 Å². The van der Waals surface area contributed by atoms with Crippen molar-refractivity contribution in [1.29, 1.82) is 0 Å². The summed E-state index contributed by atoms with van der Waals surface area (Å²) >= 11 is 4.03. The lowest BCUT2D eigenvalue weighted by Gasteiger charge is -2.04. The molecular formula is C6H13NOS2. The first-order chi connectivity index (χ1) is 4.70. The lowest BCUT2D eigenvalue weighted by Crippen LogP contribution is -2.18. The van der Waals surface area contributed by atoms with Gasteiger partial charge in [-0.1, -0.05) is 17.7 Å². The third-order valence-electron chi connectivity index (χ3n) is 1.24. The summed E-state index contributed by atoms with van der Waals surface area (Å²) in [4.78, 5) is 10.7. The molecule has 0 radical (unpaired) electrons. The van der Waals surface area contributed by atoms with Crippen LogP contribution < -0.4 is 5.32 Å². The van der Waals surface area contributed by atoms with E-state index in [1.54, 1.807) is 7.05 Å². The van der Waals surface area contributed by atoms with Crippen molar-refractivity contribution in [2.75, 3.05) is 7.05 Å². The summed E-state index contributed by atoms with van der Waals surface area (Å²) in [6, 6.07) is 0. The number of carbonyl (C=O) groups excluding carboxylic acids is 1. The molecule has 0 aliphatic heterocycles. The van der Waals surface area contributed by atoms with Gasteiger partial charge in [-0.05, 0) is 6.42 Å². The second-order valence-corrected chi connectivity index (χ2v) is 3.78. The zero-order valence-electron chi connectivity index (χ0n) is 6.26. The van der Waals surface area contributed by atoms with Crippen molar-refractivity contribution in [3.63, 3.8) is 0 Å². The fraction of sp³-hybridized carbons (Fsp3) is 0.833. The molecule has 1 atom stereocenters. The third-order valence-corrected chi connectivity index (χ3v) is 2.91. The molecule has 0 bridgehead atoms. The number of nitrogens with one attached hydrogen (secondary N) is 1. The van der Waals surface area contributed by atoms with Gasteiger partial charge in [0.2, 0.25) is 5.91 Å². The van der Waals surface area contributed by atoms with Crippen molar-refractivity contribution >= 4 is 28.4 Å². The Morgan fingerprint density at radius 3 is 2.80 bits per heavy atom. The van der Waals surface area contributed by atoms with Crippen LogP contribution in [0.25, 0.3) is 0 Å². The highest BCUT2D eigenvalue weighted by atomic mass is 33.1. The maximum absolute atomic E-state index is 10.7. The van der Waals surface area contributed by atoms with E-state index in [2.05, 4.69) is 23.9 Å². The van der Waals surface area contributed by atoms with Gasteiger partial charge >= 0.3 is 0 Å². The summed E-state index contributed by atoms with van der Waals surface area (Å²) < 4.78 is 0. The van der Waals surface area contributed by atoms with Gasteiger partial charge in [-0.2, -0.15) is 0 Å². The van der Waals surface area contributed by atoms with Crippen molar-refractivity contribution in [3.05, 3.63) is 0 Å². The molecule has 10 heavy (non-hydrogen) atoms. The summed E-state index contributed by atoms with van der Waals surface area (Å²) in [7, 11) is 3.15. The Bertz CT molecular complexity index is 108. The lowest BCUT2D eigenvalue weighted by atomic mass is 10.2. The van der Waals surface area contributed by atoms with Crippen molar-refractivity contribution < 1.29 is 4.79 Å². The predicted molar refractivity (Wildman–Crippen MR) is 49.3 cm³/mol. The van der Waals surface area contributed by atoms with Crippen LogP contribution in [0.3, 0.4) is 0 Å². The minimum absolute atomic E-state index is 0.106. The second kappa shape index (κ2) is 5.92. The van der Waals surface area contributed by atoms with E-state index in [9.17, 15) is 4.79 Å². The minimum Gasteiger partial charge on any atom is -0.359 e. The summed E-state index contributed by atoms with van der Waals surface area (Å²) in [5.41, 5.74) is 0. The van der Waals surface area contributed by atoms with Crippen molar-refractivity contribution in [2.24, 2.45) is 0 Å². The zero-order valence-corrected chi connectivity index (χ0v) is 7.97. The molecule has 1 unspecified atom stereocenters. The maximum atomic E-state index is 10.7. The molecule has 1 N–H and O–H groups in total. The summed E-state index contributed by atoms with van der Waals surface area (Å²) in [6.45, 7) is 2.06. The Kier molecular flexibility index (Phi) is 6.02. The SMILES string of the molecule is CNC(=O)CCC(C)SS. The van der Waals surface area contributed by atoms with E-state index < -0.39 is 0 Å². The van der Waals surface area contributed by atoms with E-state index in [1.807, 2.05) is 0 Å². The van der Waals surface area contributed by atoms with Gasteiger partial charge in [0, 0.05) is 18.7 Å². The van der Waals surface area contributed by atoms with Crippen LogP contribution in [0, 0.1) is 0 Å². The molecule has 0 aliphatic carbocycles. The summed E-state index contributed by atoms with van der Waals surface area (Å²) in [5.74, 6) is 0.106. The average molecular weight is 179 g/mol. The first-order valence-corrected chi connectivity index (χ1v) is 5.14. The molecule has 0 aromatic heterocycles. The zero-order chi connectivity index (χ0) is 7.98. The van der Waals surface area contributed by atoms with Crippen LogP contribution in [0.5, 0.6) is 0 Å². The molecule has 4 heteroatoms. The smallest absolute Gasteiger partial charge is 0.219 e. The molecule has 0 rings (SSSR count). The minimum atomic E-state index is 0.106. The summed E-state index contributed by atoms with van der Waals surface area (Å²) in [6.07, 6.45) is 1.50. The Labute approximate surface area is 71.0 Å². The van der Waals surface area contributed by atoms with Crippen molar-refractivity contribution in [1.82, 2.24) is 5.32 Å². The Morgan fingerprint density at radius 1 is 1.80 bits per heavy atom. The molecule has 60 valence electrons. The molecule has 0 heterocycles. The number of amides is 1. The molecule has 0 saturated heterocycles. The highest BCUT2D eigenvalue weighted by Crippen LogP contribution is 2.18. The van der Waals surface area contributed by atoms with E-state index in [0.29, 0.717) is 11.7 Å². The van der Waals surface area contributed by atoms with Crippen LogP contribution in [0.4, 0.5) is 0 Å². The fourth-order valence-electron chi connectivity index (χ4n) is 0.512. The Morgan fingerprint density at radius 2 is 2.40 bits per heavy atom.